The van der Waals surface area contributed by atoms with Crippen molar-refractivity contribution in [3.8, 4) is 0 Å². The molecule has 3 rings (SSSR count). The van der Waals surface area contributed by atoms with Gasteiger partial charge < -0.3 is 16.0 Å². The lowest BCUT2D eigenvalue weighted by atomic mass is 10.2. The number of nitrogens with two attached hydrogens (primary N) is 1. The van der Waals surface area contributed by atoms with Crippen molar-refractivity contribution in [3.63, 3.8) is 0 Å². The van der Waals surface area contributed by atoms with E-state index in [2.05, 4.69) is 15.4 Å². The molecule has 7 nitrogen and oxygen atoms in total. The molecule has 1 amide bonds. The average molecular weight is 246 g/mol. The molecule has 18 heavy (non-hydrogen) atoms. The summed E-state index contributed by atoms with van der Waals surface area (Å²) in [5, 5.41) is 7.25. The van der Waals surface area contributed by atoms with Crippen molar-refractivity contribution in [2.45, 2.75) is 6.04 Å². The smallest absolute Gasteiger partial charge is 0.241 e. The predicted octanol–water partition coefficient (Wildman–Crippen LogP) is -1.01. The van der Waals surface area contributed by atoms with Gasteiger partial charge in [0.05, 0.1) is 6.20 Å². The molecule has 94 valence electrons. The summed E-state index contributed by atoms with van der Waals surface area (Å²) in [6.07, 6.45) is 3.52. The summed E-state index contributed by atoms with van der Waals surface area (Å²) in [5.74, 6) is 0.422. The van der Waals surface area contributed by atoms with Gasteiger partial charge in [0.15, 0.2) is 5.65 Å². The zero-order valence-corrected chi connectivity index (χ0v) is 9.78. The van der Waals surface area contributed by atoms with Gasteiger partial charge in [0.1, 0.15) is 11.9 Å². The van der Waals surface area contributed by atoms with Gasteiger partial charge in [-0.2, -0.15) is 5.10 Å². The Morgan fingerprint density at radius 2 is 2.39 bits per heavy atom. The van der Waals surface area contributed by atoms with Crippen LogP contribution in [0, 0.1) is 0 Å². The summed E-state index contributed by atoms with van der Waals surface area (Å²) in [7, 11) is 0. The van der Waals surface area contributed by atoms with Crippen molar-refractivity contribution in [3.05, 3.63) is 24.5 Å². The lowest BCUT2D eigenvalue weighted by Gasteiger charge is -2.34. The zero-order valence-electron chi connectivity index (χ0n) is 9.78. The van der Waals surface area contributed by atoms with Crippen LogP contribution < -0.4 is 16.0 Å². The lowest BCUT2D eigenvalue weighted by Crippen LogP contribution is -2.57. The molecule has 3 N–H and O–H groups in total. The third kappa shape index (κ3) is 1.78. The minimum Gasteiger partial charge on any atom is -0.368 e. The van der Waals surface area contributed by atoms with Crippen molar-refractivity contribution in [1.29, 1.82) is 0 Å². The number of hydrogen-bond acceptors (Lipinski definition) is 5. The van der Waals surface area contributed by atoms with Gasteiger partial charge in [0, 0.05) is 31.9 Å². The number of aromatic nitrogens is 3. The van der Waals surface area contributed by atoms with Crippen molar-refractivity contribution in [2.75, 3.05) is 24.5 Å². The van der Waals surface area contributed by atoms with Gasteiger partial charge in [0.25, 0.3) is 0 Å². The predicted molar refractivity (Wildman–Crippen MR) is 66.2 cm³/mol. The van der Waals surface area contributed by atoms with Crippen molar-refractivity contribution in [2.24, 2.45) is 5.73 Å². The van der Waals surface area contributed by atoms with Crippen LogP contribution in [0.3, 0.4) is 0 Å². The highest BCUT2D eigenvalue weighted by Gasteiger charge is 2.27. The number of rotatable bonds is 2. The van der Waals surface area contributed by atoms with E-state index in [1.54, 1.807) is 10.7 Å². The number of nitrogens with one attached hydrogen (secondary N) is 1. The quantitative estimate of drug-likeness (QED) is 0.709. The first-order valence-electron chi connectivity index (χ1n) is 5.83. The first-order valence-corrected chi connectivity index (χ1v) is 5.83. The Morgan fingerprint density at radius 3 is 3.22 bits per heavy atom. The van der Waals surface area contributed by atoms with Gasteiger partial charge in [-0.3, -0.25) is 4.79 Å². The molecule has 0 aromatic carbocycles. The first kappa shape index (κ1) is 11.0. The number of piperazine rings is 1. The minimum atomic E-state index is -0.350. The van der Waals surface area contributed by atoms with Crippen LogP contribution in [0.15, 0.2) is 24.5 Å². The van der Waals surface area contributed by atoms with E-state index in [1.165, 1.54) is 0 Å². The van der Waals surface area contributed by atoms with E-state index in [4.69, 9.17) is 5.73 Å². The van der Waals surface area contributed by atoms with Crippen LogP contribution in [0.1, 0.15) is 0 Å². The molecular weight excluding hydrogens is 232 g/mol. The van der Waals surface area contributed by atoms with Crippen LogP contribution in [-0.2, 0) is 4.79 Å². The fourth-order valence-corrected chi connectivity index (χ4v) is 2.20. The van der Waals surface area contributed by atoms with Crippen LogP contribution in [0.4, 0.5) is 5.82 Å². The first-order chi connectivity index (χ1) is 8.75. The normalized spacial score (nSPS) is 20.2. The van der Waals surface area contributed by atoms with Crippen LogP contribution >= 0.6 is 0 Å². The Bertz CT molecular complexity index is 580. The van der Waals surface area contributed by atoms with E-state index in [0.717, 1.165) is 18.0 Å². The van der Waals surface area contributed by atoms with E-state index in [1.807, 2.05) is 23.2 Å². The molecular formula is C11H14N6O. The number of carbonyl (C=O) groups excluding carboxylic acids is 1. The highest BCUT2D eigenvalue weighted by atomic mass is 16.1. The zero-order chi connectivity index (χ0) is 12.5. The highest BCUT2D eigenvalue weighted by Crippen LogP contribution is 2.16. The second kappa shape index (κ2) is 4.26. The summed E-state index contributed by atoms with van der Waals surface area (Å²) in [4.78, 5) is 17.9. The van der Waals surface area contributed by atoms with Crippen molar-refractivity contribution >= 4 is 17.4 Å². The van der Waals surface area contributed by atoms with Crippen LogP contribution in [0.5, 0.6) is 0 Å². The van der Waals surface area contributed by atoms with Gasteiger partial charge in [-0.25, -0.2) is 9.50 Å². The molecule has 1 aliphatic rings. The second-order valence-corrected chi connectivity index (χ2v) is 4.24. The van der Waals surface area contributed by atoms with Gasteiger partial charge in [-0.15, -0.1) is 0 Å². The molecule has 0 aliphatic carbocycles. The summed E-state index contributed by atoms with van der Waals surface area (Å²) in [6.45, 7) is 2.09. The molecule has 3 heterocycles. The molecule has 2 aromatic rings. The number of primary amides is 1. The SMILES string of the molecule is NC(=O)C1CNCCN1c1ccn2nccc2n1. The largest absolute Gasteiger partial charge is 0.368 e. The second-order valence-electron chi connectivity index (χ2n) is 4.24. The number of amides is 1. The van der Waals surface area contributed by atoms with E-state index in [-0.39, 0.29) is 11.9 Å². The molecule has 2 aromatic heterocycles. The lowest BCUT2D eigenvalue weighted by molar-refractivity contribution is -0.119. The molecule has 7 heteroatoms. The number of fused-ring (bicyclic) bond motifs is 1. The number of anilines is 1. The number of carbonyl (C=O) groups is 1. The molecule has 0 spiro atoms. The van der Waals surface area contributed by atoms with E-state index in [0.29, 0.717) is 13.1 Å². The summed E-state index contributed by atoms with van der Waals surface area (Å²) in [6, 6.07) is 3.32. The Labute approximate surface area is 104 Å². The maximum Gasteiger partial charge on any atom is 0.241 e. The molecule has 1 unspecified atom stereocenters. The Morgan fingerprint density at radius 1 is 1.50 bits per heavy atom. The number of nitrogens with zero attached hydrogens (tertiary/aromatic N) is 4. The minimum absolute atomic E-state index is 0.336. The van der Waals surface area contributed by atoms with Crippen LogP contribution in [0.2, 0.25) is 0 Å². The van der Waals surface area contributed by atoms with Gasteiger partial charge >= 0.3 is 0 Å². The third-order valence-corrected chi connectivity index (χ3v) is 3.11. The third-order valence-electron chi connectivity index (χ3n) is 3.11. The van der Waals surface area contributed by atoms with E-state index >= 15 is 0 Å². The molecule has 1 atom stereocenters. The monoisotopic (exact) mass is 246 g/mol. The standard InChI is InChI=1S/C11H14N6O/c12-11(18)8-7-13-4-6-16(8)9-2-5-17-10(15-9)1-3-14-17/h1-3,5,8,13H,4,6-7H2,(H2,12,18). The van der Waals surface area contributed by atoms with E-state index < -0.39 is 0 Å². The molecule has 0 saturated carbocycles. The fourth-order valence-electron chi connectivity index (χ4n) is 2.20. The van der Waals surface area contributed by atoms with Crippen molar-refractivity contribution < 1.29 is 4.79 Å². The topological polar surface area (TPSA) is 88.6 Å². The van der Waals surface area contributed by atoms with Crippen LogP contribution in [0.25, 0.3) is 5.65 Å². The maximum absolute atomic E-state index is 11.4. The maximum atomic E-state index is 11.4. The summed E-state index contributed by atoms with van der Waals surface area (Å²) < 4.78 is 1.69. The van der Waals surface area contributed by atoms with E-state index in [9.17, 15) is 4.79 Å². The highest BCUT2D eigenvalue weighted by molar-refractivity contribution is 5.84. The molecule has 0 radical (unpaired) electrons. The Balaban J connectivity index is 1.97. The summed E-state index contributed by atoms with van der Waals surface area (Å²) >= 11 is 0. The van der Waals surface area contributed by atoms with Crippen LogP contribution in [-0.4, -0.2) is 46.2 Å². The molecule has 1 aliphatic heterocycles. The Kier molecular flexibility index (Phi) is 2.60. The summed E-state index contributed by atoms with van der Waals surface area (Å²) in [5.41, 5.74) is 6.18. The fraction of sp³-hybridized carbons (Fsp3) is 0.364. The van der Waals surface area contributed by atoms with Gasteiger partial charge in [-0.1, -0.05) is 0 Å². The van der Waals surface area contributed by atoms with Gasteiger partial charge in [-0.05, 0) is 6.07 Å². The molecule has 1 saturated heterocycles. The van der Waals surface area contributed by atoms with Gasteiger partial charge in [0.2, 0.25) is 5.91 Å². The molecule has 1 fully saturated rings. The molecule has 0 bridgehead atoms. The average Bonchev–Trinajstić information content (AvgIpc) is 2.85. The van der Waals surface area contributed by atoms with Crippen molar-refractivity contribution in [1.82, 2.24) is 19.9 Å². The number of hydrogen-bond donors (Lipinski definition) is 2. The Hall–Kier alpha value is -2.15.